The Morgan fingerprint density at radius 1 is 1.36 bits per heavy atom. The molecule has 0 unspecified atom stereocenters. The molecule has 0 spiro atoms. The Balaban J connectivity index is 1.48. The maximum atomic E-state index is 11.8. The Kier molecular flexibility index (Phi) is 4.82. The van der Waals surface area contributed by atoms with Gasteiger partial charge in [0.05, 0.1) is 19.4 Å². The average Bonchev–Trinajstić information content (AvgIpc) is 2.97. The number of aromatic amines is 1. The zero-order valence-corrected chi connectivity index (χ0v) is 12.4. The molecule has 1 aromatic heterocycles. The molecule has 1 saturated heterocycles. The van der Waals surface area contributed by atoms with Crippen LogP contribution >= 0.6 is 0 Å². The summed E-state index contributed by atoms with van der Waals surface area (Å²) in [5.74, 6) is -0.0671. The number of morpholine rings is 1. The van der Waals surface area contributed by atoms with Gasteiger partial charge >= 0.3 is 0 Å². The maximum absolute atomic E-state index is 11.8. The number of hydrazone groups is 1. The summed E-state index contributed by atoms with van der Waals surface area (Å²) in [6.07, 6.45) is 4.00. The van der Waals surface area contributed by atoms with Gasteiger partial charge in [0.15, 0.2) is 0 Å². The van der Waals surface area contributed by atoms with Gasteiger partial charge in [-0.1, -0.05) is 18.2 Å². The summed E-state index contributed by atoms with van der Waals surface area (Å²) in [6, 6.07) is 7.99. The van der Waals surface area contributed by atoms with E-state index in [9.17, 15) is 4.79 Å². The van der Waals surface area contributed by atoms with Crippen molar-refractivity contribution in [2.24, 2.45) is 5.10 Å². The lowest BCUT2D eigenvalue weighted by Crippen LogP contribution is -2.38. The molecule has 22 heavy (non-hydrogen) atoms. The summed E-state index contributed by atoms with van der Waals surface area (Å²) in [6.45, 7) is 4.04. The van der Waals surface area contributed by atoms with E-state index in [1.54, 1.807) is 6.21 Å². The van der Waals surface area contributed by atoms with Crippen LogP contribution in [0, 0.1) is 0 Å². The normalized spacial score (nSPS) is 16.4. The number of nitrogens with zero attached hydrogens (tertiary/aromatic N) is 2. The monoisotopic (exact) mass is 300 g/mol. The molecule has 0 aliphatic carbocycles. The lowest BCUT2D eigenvalue weighted by atomic mass is 10.2. The number of benzene rings is 1. The number of aromatic nitrogens is 1. The fourth-order valence-corrected chi connectivity index (χ4v) is 2.51. The molecule has 3 rings (SSSR count). The summed E-state index contributed by atoms with van der Waals surface area (Å²) >= 11 is 0. The van der Waals surface area contributed by atoms with Crippen LogP contribution in [0.4, 0.5) is 0 Å². The molecule has 2 aromatic rings. The van der Waals surface area contributed by atoms with Gasteiger partial charge in [-0.05, 0) is 6.07 Å². The number of fused-ring (bicyclic) bond motifs is 1. The molecule has 0 saturated carbocycles. The fourth-order valence-electron chi connectivity index (χ4n) is 2.51. The predicted molar refractivity (Wildman–Crippen MR) is 85.9 cm³/mol. The van der Waals surface area contributed by atoms with Crippen molar-refractivity contribution in [3.63, 3.8) is 0 Å². The van der Waals surface area contributed by atoms with E-state index in [0.29, 0.717) is 6.42 Å². The number of para-hydroxylation sites is 1. The molecule has 116 valence electrons. The van der Waals surface area contributed by atoms with Crippen LogP contribution in [0.5, 0.6) is 0 Å². The van der Waals surface area contributed by atoms with E-state index < -0.39 is 0 Å². The molecule has 2 heterocycles. The molecule has 0 bridgehead atoms. The summed E-state index contributed by atoms with van der Waals surface area (Å²) in [5.41, 5.74) is 4.60. The summed E-state index contributed by atoms with van der Waals surface area (Å²) in [4.78, 5) is 17.2. The number of carbonyl (C=O) groups excluding carboxylic acids is 1. The van der Waals surface area contributed by atoms with Crippen LogP contribution < -0.4 is 5.43 Å². The summed E-state index contributed by atoms with van der Waals surface area (Å²) in [5, 5.41) is 5.13. The minimum Gasteiger partial charge on any atom is -0.379 e. The maximum Gasteiger partial charge on any atom is 0.241 e. The minimum absolute atomic E-state index is 0.0671. The van der Waals surface area contributed by atoms with Crippen molar-refractivity contribution < 1.29 is 9.53 Å². The van der Waals surface area contributed by atoms with Crippen molar-refractivity contribution in [2.75, 3.05) is 32.8 Å². The molecule has 1 aliphatic heterocycles. The third-order valence-electron chi connectivity index (χ3n) is 3.77. The smallest absolute Gasteiger partial charge is 0.241 e. The highest BCUT2D eigenvalue weighted by Gasteiger charge is 2.11. The first-order chi connectivity index (χ1) is 10.8. The van der Waals surface area contributed by atoms with E-state index in [4.69, 9.17) is 4.74 Å². The average molecular weight is 300 g/mol. The molecule has 0 atom stereocenters. The molecular weight excluding hydrogens is 280 g/mol. The first-order valence-electron chi connectivity index (χ1n) is 7.51. The molecule has 2 N–H and O–H groups in total. The van der Waals surface area contributed by atoms with Gasteiger partial charge in [-0.2, -0.15) is 5.10 Å². The fraction of sp³-hybridized carbons (Fsp3) is 0.375. The van der Waals surface area contributed by atoms with Gasteiger partial charge in [0.2, 0.25) is 5.91 Å². The van der Waals surface area contributed by atoms with E-state index in [1.165, 1.54) is 0 Å². The molecule has 6 nitrogen and oxygen atoms in total. The largest absolute Gasteiger partial charge is 0.379 e. The van der Waals surface area contributed by atoms with Crippen LogP contribution in [0.2, 0.25) is 0 Å². The van der Waals surface area contributed by atoms with Crippen LogP contribution in [-0.2, 0) is 9.53 Å². The number of carbonyl (C=O) groups is 1. The van der Waals surface area contributed by atoms with Gasteiger partial charge in [0.25, 0.3) is 0 Å². The Morgan fingerprint density at radius 3 is 3.05 bits per heavy atom. The Labute approximate surface area is 129 Å². The number of rotatable bonds is 5. The van der Waals surface area contributed by atoms with Gasteiger partial charge in [-0.25, -0.2) is 5.43 Å². The van der Waals surface area contributed by atoms with Gasteiger partial charge in [-0.3, -0.25) is 9.69 Å². The highest BCUT2D eigenvalue weighted by Crippen LogP contribution is 2.15. The molecule has 6 heteroatoms. The van der Waals surface area contributed by atoms with Crippen molar-refractivity contribution in [1.29, 1.82) is 0 Å². The Morgan fingerprint density at radius 2 is 2.18 bits per heavy atom. The molecule has 1 aromatic carbocycles. The van der Waals surface area contributed by atoms with Crippen molar-refractivity contribution in [3.05, 3.63) is 36.0 Å². The molecule has 1 fully saturated rings. The lowest BCUT2D eigenvalue weighted by Gasteiger charge is -2.25. The zero-order valence-electron chi connectivity index (χ0n) is 12.4. The van der Waals surface area contributed by atoms with E-state index >= 15 is 0 Å². The molecule has 1 aliphatic rings. The van der Waals surface area contributed by atoms with E-state index in [-0.39, 0.29) is 5.91 Å². The number of hydrogen-bond acceptors (Lipinski definition) is 4. The number of nitrogens with one attached hydrogen (secondary N) is 2. The number of amides is 1. The highest BCUT2D eigenvalue weighted by molar-refractivity contribution is 5.99. The standard InChI is InChI=1S/C16H20N4O2/c21-16(5-6-20-7-9-22-10-8-20)19-18-12-13-11-17-15-4-2-1-3-14(13)15/h1-4,11-12,17H,5-10H2,(H,19,21)/b18-12+. The molecular formula is C16H20N4O2. The Bertz CT molecular complexity index is 659. The second-order valence-corrected chi connectivity index (χ2v) is 5.29. The van der Waals surface area contributed by atoms with Crippen molar-refractivity contribution in [3.8, 4) is 0 Å². The van der Waals surface area contributed by atoms with Crippen molar-refractivity contribution in [2.45, 2.75) is 6.42 Å². The van der Waals surface area contributed by atoms with Gasteiger partial charge in [-0.15, -0.1) is 0 Å². The Hall–Kier alpha value is -2.18. The highest BCUT2D eigenvalue weighted by atomic mass is 16.5. The van der Waals surface area contributed by atoms with Crippen molar-refractivity contribution in [1.82, 2.24) is 15.3 Å². The lowest BCUT2D eigenvalue weighted by molar-refractivity contribution is -0.121. The third kappa shape index (κ3) is 3.72. The number of H-pyrrole nitrogens is 1. The van der Waals surface area contributed by atoms with Crippen LogP contribution in [0.25, 0.3) is 10.9 Å². The zero-order chi connectivity index (χ0) is 15.2. The van der Waals surface area contributed by atoms with Crippen molar-refractivity contribution >= 4 is 23.0 Å². The second-order valence-electron chi connectivity index (χ2n) is 5.29. The quantitative estimate of drug-likeness (QED) is 0.647. The van der Waals surface area contributed by atoms with E-state index in [1.807, 2.05) is 30.5 Å². The summed E-state index contributed by atoms with van der Waals surface area (Å²) in [7, 11) is 0. The third-order valence-corrected chi connectivity index (χ3v) is 3.77. The SMILES string of the molecule is O=C(CCN1CCOCC1)N/N=C/c1c[nH]c2ccccc12. The first-order valence-corrected chi connectivity index (χ1v) is 7.51. The van der Waals surface area contributed by atoms with Crippen LogP contribution in [0.15, 0.2) is 35.6 Å². The van der Waals surface area contributed by atoms with Gasteiger partial charge in [0, 0.05) is 48.7 Å². The van der Waals surface area contributed by atoms with Gasteiger partial charge < -0.3 is 9.72 Å². The summed E-state index contributed by atoms with van der Waals surface area (Å²) < 4.78 is 5.28. The van der Waals surface area contributed by atoms with Gasteiger partial charge in [0.1, 0.15) is 0 Å². The minimum atomic E-state index is -0.0671. The van der Waals surface area contributed by atoms with Crippen LogP contribution in [0.1, 0.15) is 12.0 Å². The van der Waals surface area contributed by atoms with E-state index in [2.05, 4.69) is 20.4 Å². The molecule has 1 amide bonds. The first kappa shape index (κ1) is 14.7. The second kappa shape index (κ2) is 7.20. The number of hydrogen-bond donors (Lipinski definition) is 2. The van der Waals surface area contributed by atoms with Crippen LogP contribution in [0.3, 0.4) is 0 Å². The predicted octanol–water partition coefficient (Wildman–Crippen LogP) is 1.34. The van der Waals surface area contributed by atoms with E-state index in [0.717, 1.165) is 49.3 Å². The van der Waals surface area contributed by atoms with Crippen LogP contribution in [-0.4, -0.2) is 54.9 Å². The topological polar surface area (TPSA) is 69.7 Å². The number of ether oxygens (including phenoxy) is 1. The molecule has 0 radical (unpaired) electrons.